The summed E-state index contributed by atoms with van der Waals surface area (Å²) in [4.78, 5) is 27.5. The maximum absolute atomic E-state index is 12.4. The van der Waals surface area contributed by atoms with E-state index in [0.29, 0.717) is 37.9 Å². The number of carbonyl (C=O) groups excluding carboxylic acids is 2. The summed E-state index contributed by atoms with van der Waals surface area (Å²) in [5.41, 5.74) is 0. The van der Waals surface area contributed by atoms with Crippen molar-refractivity contribution in [3.05, 3.63) is 0 Å². The average Bonchev–Trinajstić information content (AvgIpc) is 3.19. The fourth-order valence-electron chi connectivity index (χ4n) is 7.67. The highest BCUT2D eigenvalue weighted by atomic mass is 32.2. The maximum atomic E-state index is 12.4. The standard InChI is InChI=1S/C48H96N2O5S/c1-6-10-20-29-45(30-21-11-7-2)35-41-54-47(51)33-24-16-14-18-26-38-50(40-28-37-49-56-44-43-53-5)39-27-19-15-17-25-34-48(52)55-42-36-46(31-22-12-8-3)32-23-13-9-4/h45-46,49H,6-44H2,1-5H3. The van der Waals surface area contributed by atoms with Crippen LogP contribution in [0.4, 0.5) is 0 Å². The van der Waals surface area contributed by atoms with Crippen molar-refractivity contribution in [2.75, 3.05) is 58.9 Å². The Morgan fingerprint density at radius 1 is 0.482 bits per heavy atom. The molecule has 0 bridgehead atoms. The van der Waals surface area contributed by atoms with Gasteiger partial charge in [0.05, 0.1) is 19.8 Å². The van der Waals surface area contributed by atoms with Gasteiger partial charge in [-0.2, -0.15) is 0 Å². The first-order valence-corrected chi connectivity index (χ1v) is 25.4. The summed E-state index contributed by atoms with van der Waals surface area (Å²) in [6, 6.07) is 0. The molecule has 0 aromatic rings. The van der Waals surface area contributed by atoms with Gasteiger partial charge in [-0.05, 0) is 76.4 Å². The molecule has 334 valence electrons. The molecule has 0 saturated carbocycles. The number of nitrogens with one attached hydrogen (secondary N) is 1. The Balaban J connectivity index is 4.27. The maximum Gasteiger partial charge on any atom is 0.305 e. The summed E-state index contributed by atoms with van der Waals surface area (Å²) in [6.45, 7) is 15.5. The van der Waals surface area contributed by atoms with Gasteiger partial charge >= 0.3 is 11.9 Å². The van der Waals surface area contributed by atoms with Gasteiger partial charge in [-0.25, -0.2) is 0 Å². The van der Waals surface area contributed by atoms with Crippen LogP contribution in [0.25, 0.3) is 0 Å². The minimum absolute atomic E-state index is 0.000605. The van der Waals surface area contributed by atoms with Gasteiger partial charge in [-0.15, -0.1) is 0 Å². The van der Waals surface area contributed by atoms with Crippen molar-refractivity contribution in [3.8, 4) is 0 Å². The second kappa shape index (κ2) is 45.3. The third kappa shape index (κ3) is 40.0. The van der Waals surface area contributed by atoms with Gasteiger partial charge in [0, 0.05) is 32.2 Å². The number of unbranched alkanes of at least 4 members (excludes halogenated alkanes) is 16. The summed E-state index contributed by atoms with van der Waals surface area (Å²) in [5, 5.41) is 0. The number of nitrogens with zero attached hydrogens (tertiary/aromatic N) is 1. The van der Waals surface area contributed by atoms with Crippen LogP contribution in [-0.4, -0.2) is 75.7 Å². The summed E-state index contributed by atoms with van der Waals surface area (Å²) in [5.74, 6) is 2.41. The summed E-state index contributed by atoms with van der Waals surface area (Å²) in [7, 11) is 1.75. The second-order valence-electron chi connectivity index (χ2n) is 16.7. The topological polar surface area (TPSA) is 77.1 Å². The molecular weight excluding hydrogens is 717 g/mol. The predicted molar refractivity (Wildman–Crippen MR) is 243 cm³/mol. The van der Waals surface area contributed by atoms with Crippen molar-refractivity contribution < 1.29 is 23.8 Å². The Labute approximate surface area is 353 Å². The van der Waals surface area contributed by atoms with Gasteiger partial charge in [0.15, 0.2) is 0 Å². The lowest BCUT2D eigenvalue weighted by Gasteiger charge is -2.22. The summed E-state index contributed by atoms with van der Waals surface area (Å²) < 4.78 is 20.0. The van der Waals surface area contributed by atoms with E-state index in [9.17, 15) is 9.59 Å². The number of methoxy groups -OCH3 is 1. The van der Waals surface area contributed by atoms with E-state index in [1.54, 1.807) is 19.1 Å². The molecule has 56 heavy (non-hydrogen) atoms. The first-order valence-electron chi connectivity index (χ1n) is 24.4. The molecule has 0 spiro atoms. The van der Waals surface area contributed by atoms with Crippen LogP contribution in [0.5, 0.6) is 0 Å². The molecule has 0 aliphatic heterocycles. The Bertz CT molecular complexity index is 742. The van der Waals surface area contributed by atoms with Gasteiger partial charge in [0.1, 0.15) is 0 Å². The number of rotatable bonds is 46. The molecule has 0 amide bonds. The highest BCUT2D eigenvalue weighted by Crippen LogP contribution is 2.22. The summed E-state index contributed by atoms with van der Waals surface area (Å²) in [6.07, 6.45) is 36.5. The first-order chi connectivity index (χ1) is 27.5. The Morgan fingerprint density at radius 3 is 1.29 bits per heavy atom. The molecule has 8 heteroatoms. The molecule has 0 rings (SSSR count). The zero-order valence-corrected chi connectivity index (χ0v) is 38.9. The van der Waals surface area contributed by atoms with Crippen LogP contribution in [0, 0.1) is 11.8 Å². The van der Waals surface area contributed by atoms with Crippen molar-refractivity contribution >= 4 is 23.9 Å². The van der Waals surface area contributed by atoms with Gasteiger partial charge in [0.2, 0.25) is 0 Å². The Hall–Kier alpha value is -0.830. The van der Waals surface area contributed by atoms with Crippen LogP contribution < -0.4 is 4.72 Å². The highest BCUT2D eigenvalue weighted by Gasteiger charge is 2.12. The molecule has 0 aromatic carbocycles. The molecule has 0 saturated heterocycles. The lowest BCUT2D eigenvalue weighted by molar-refractivity contribution is -0.145. The number of carbonyl (C=O) groups is 2. The molecule has 0 radical (unpaired) electrons. The summed E-state index contributed by atoms with van der Waals surface area (Å²) >= 11 is 1.76. The Kier molecular flexibility index (Phi) is 44.6. The number of ether oxygens (including phenoxy) is 3. The van der Waals surface area contributed by atoms with Gasteiger partial charge in [-0.1, -0.05) is 181 Å². The van der Waals surface area contributed by atoms with E-state index in [1.165, 1.54) is 141 Å². The zero-order valence-electron chi connectivity index (χ0n) is 38.1. The van der Waals surface area contributed by atoms with Crippen LogP contribution in [0.2, 0.25) is 0 Å². The zero-order chi connectivity index (χ0) is 41.0. The third-order valence-corrected chi connectivity index (χ3v) is 12.2. The number of hydrogen-bond acceptors (Lipinski definition) is 8. The highest BCUT2D eigenvalue weighted by molar-refractivity contribution is 7.97. The molecule has 0 aliphatic carbocycles. The molecule has 1 N–H and O–H groups in total. The molecule has 0 fully saturated rings. The van der Waals surface area contributed by atoms with Gasteiger partial charge in [0.25, 0.3) is 0 Å². The molecule has 0 unspecified atom stereocenters. The fraction of sp³-hybridized carbons (Fsp3) is 0.958. The van der Waals surface area contributed by atoms with E-state index in [1.807, 2.05) is 0 Å². The van der Waals surface area contributed by atoms with E-state index in [2.05, 4.69) is 37.3 Å². The van der Waals surface area contributed by atoms with Crippen molar-refractivity contribution in [2.24, 2.45) is 11.8 Å². The van der Waals surface area contributed by atoms with Gasteiger partial charge < -0.3 is 19.1 Å². The van der Waals surface area contributed by atoms with Crippen molar-refractivity contribution in [1.82, 2.24) is 9.62 Å². The smallest absolute Gasteiger partial charge is 0.305 e. The lowest BCUT2D eigenvalue weighted by atomic mass is 9.92. The van der Waals surface area contributed by atoms with E-state index in [-0.39, 0.29) is 11.9 Å². The van der Waals surface area contributed by atoms with E-state index < -0.39 is 0 Å². The van der Waals surface area contributed by atoms with Crippen LogP contribution in [-0.2, 0) is 23.8 Å². The average molecular weight is 813 g/mol. The van der Waals surface area contributed by atoms with Crippen LogP contribution in [0.15, 0.2) is 0 Å². The molecule has 0 aliphatic rings. The lowest BCUT2D eigenvalue weighted by Crippen LogP contribution is -2.29. The number of esters is 2. The van der Waals surface area contributed by atoms with Crippen LogP contribution >= 0.6 is 11.9 Å². The SMILES string of the molecule is CCCCCC(CCCCC)CCOC(=O)CCCCCCCN(CCCCCCCC(=O)OCCC(CCCCC)CCCCC)CCCNSCCOC. The fourth-order valence-corrected chi connectivity index (χ4v) is 8.35. The van der Waals surface area contributed by atoms with Crippen molar-refractivity contribution in [1.29, 1.82) is 0 Å². The van der Waals surface area contributed by atoms with E-state index in [0.717, 1.165) is 83.5 Å². The van der Waals surface area contributed by atoms with E-state index in [4.69, 9.17) is 14.2 Å². The molecule has 0 aromatic heterocycles. The second-order valence-corrected chi connectivity index (χ2v) is 17.7. The largest absolute Gasteiger partial charge is 0.466 e. The third-order valence-electron chi connectivity index (χ3n) is 11.4. The van der Waals surface area contributed by atoms with Crippen LogP contribution in [0.1, 0.15) is 227 Å². The normalized spacial score (nSPS) is 11.7. The monoisotopic (exact) mass is 813 g/mol. The van der Waals surface area contributed by atoms with Gasteiger partial charge in [-0.3, -0.25) is 14.3 Å². The first kappa shape index (κ1) is 55.2. The predicted octanol–water partition coefficient (Wildman–Crippen LogP) is 13.7. The quantitative estimate of drug-likeness (QED) is 0.0370. The molecule has 0 heterocycles. The van der Waals surface area contributed by atoms with E-state index >= 15 is 0 Å². The minimum atomic E-state index is 0.000605. The molecular formula is C48H96N2O5S. The van der Waals surface area contributed by atoms with Crippen molar-refractivity contribution in [2.45, 2.75) is 227 Å². The molecule has 0 atom stereocenters. The molecule has 7 nitrogen and oxygen atoms in total. The van der Waals surface area contributed by atoms with Crippen molar-refractivity contribution in [3.63, 3.8) is 0 Å². The Morgan fingerprint density at radius 2 is 0.875 bits per heavy atom. The van der Waals surface area contributed by atoms with Crippen LogP contribution in [0.3, 0.4) is 0 Å². The minimum Gasteiger partial charge on any atom is -0.466 e. The number of hydrogen-bond donors (Lipinski definition) is 1.